The SMILES string of the molecule is C=C(Cl)COC(=O)[C@H]1[C@H](C(=O)Nc2ccc([N+](=O)[O-])cc2)[C@H]2C=C[C@H]1C2. The van der Waals surface area contributed by atoms with Crippen molar-refractivity contribution >= 4 is 34.9 Å². The lowest BCUT2D eigenvalue weighted by molar-refractivity contribution is -0.384. The number of nitrogens with zero attached hydrogens (tertiary/aromatic N) is 1. The number of allylic oxidation sites excluding steroid dienone is 2. The lowest BCUT2D eigenvalue weighted by atomic mass is 9.82. The van der Waals surface area contributed by atoms with Crippen LogP contribution < -0.4 is 5.32 Å². The molecule has 0 aromatic heterocycles. The molecule has 136 valence electrons. The van der Waals surface area contributed by atoms with Gasteiger partial charge in [-0.3, -0.25) is 19.7 Å². The van der Waals surface area contributed by atoms with E-state index in [0.717, 1.165) is 6.42 Å². The molecule has 0 unspecified atom stereocenters. The predicted octanol–water partition coefficient (Wildman–Crippen LogP) is 3.27. The molecule has 1 amide bonds. The van der Waals surface area contributed by atoms with Crippen molar-refractivity contribution in [3.63, 3.8) is 0 Å². The first-order valence-corrected chi connectivity index (χ1v) is 8.48. The molecule has 1 fully saturated rings. The van der Waals surface area contributed by atoms with E-state index < -0.39 is 22.7 Å². The number of amides is 1. The number of anilines is 1. The lowest BCUT2D eigenvalue weighted by Crippen LogP contribution is -2.37. The topological polar surface area (TPSA) is 98.5 Å². The van der Waals surface area contributed by atoms with E-state index in [0.29, 0.717) is 5.69 Å². The Morgan fingerprint density at radius 1 is 1.23 bits per heavy atom. The van der Waals surface area contributed by atoms with Crippen molar-refractivity contribution < 1.29 is 19.2 Å². The molecule has 4 atom stereocenters. The number of nitro benzene ring substituents is 1. The van der Waals surface area contributed by atoms with Crippen LogP contribution in [0.1, 0.15) is 6.42 Å². The Kier molecular flexibility index (Phi) is 5.08. The molecule has 0 heterocycles. The summed E-state index contributed by atoms with van der Waals surface area (Å²) in [4.78, 5) is 35.4. The average molecular weight is 377 g/mol. The van der Waals surface area contributed by atoms with Gasteiger partial charge in [0.15, 0.2) is 0 Å². The molecule has 26 heavy (non-hydrogen) atoms. The van der Waals surface area contributed by atoms with Crippen LogP contribution in [0.4, 0.5) is 11.4 Å². The first kappa shape index (κ1) is 18.1. The molecule has 1 aromatic carbocycles. The fraction of sp³-hybridized carbons (Fsp3) is 0.333. The van der Waals surface area contributed by atoms with Crippen molar-refractivity contribution in [3.8, 4) is 0 Å². The van der Waals surface area contributed by atoms with E-state index in [1.165, 1.54) is 24.3 Å². The van der Waals surface area contributed by atoms with Gasteiger partial charge in [0.05, 0.1) is 16.8 Å². The van der Waals surface area contributed by atoms with Crippen LogP contribution in [0.3, 0.4) is 0 Å². The third kappa shape index (κ3) is 3.62. The Balaban J connectivity index is 1.72. The van der Waals surface area contributed by atoms with Crippen LogP contribution in [0.2, 0.25) is 0 Å². The smallest absolute Gasteiger partial charge is 0.310 e. The second kappa shape index (κ2) is 7.29. The number of hydrogen-bond donors (Lipinski definition) is 1. The molecule has 0 aliphatic heterocycles. The number of non-ortho nitro benzene ring substituents is 1. The molecule has 8 heteroatoms. The number of carbonyl (C=O) groups excluding carboxylic acids is 2. The molecular formula is C18H17ClN2O5. The Hall–Kier alpha value is -2.67. The molecule has 1 saturated carbocycles. The Labute approximate surface area is 154 Å². The summed E-state index contributed by atoms with van der Waals surface area (Å²) < 4.78 is 5.15. The van der Waals surface area contributed by atoms with E-state index in [2.05, 4.69) is 11.9 Å². The van der Waals surface area contributed by atoms with Crippen LogP contribution in [-0.4, -0.2) is 23.4 Å². The van der Waals surface area contributed by atoms with Gasteiger partial charge in [0.1, 0.15) is 6.61 Å². The fourth-order valence-electron chi connectivity index (χ4n) is 3.64. The van der Waals surface area contributed by atoms with Crippen LogP contribution in [0.25, 0.3) is 0 Å². The van der Waals surface area contributed by atoms with Gasteiger partial charge in [-0.05, 0) is 30.4 Å². The predicted molar refractivity (Wildman–Crippen MR) is 95.4 cm³/mol. The summed E-state index contributed by atoms with van der Waals surface area (Å²) >= 11 is 5.64. The highest BCUT2D eigenvalue weighted by atomic mass is 35.5. The molecule has 2 bridgehead atoms. The molecule has 7 nitrogen and oxygen atoms in total. The largest absolute Gasteiger partial charge is 0.460 e. The third-order valence-corrected chi connectivity index (χ3v) is 4.86. The van der Waals surface area contributed by atoms with Crippen LogP contribution in [0, 0.1) is 33.8 Å². The summed E-state index contributed by atoms with van der Waals surface area (Å²) in [6.07, 6.45) is 4.62. The molecule has 0 saturated heterocycles. The van der Waals surface area contributed by atoms with E-state index in [1.54, 1.807) is 0 Å². The number of halogens is 1. The van der Waals surface area contributed by atoms with Crippen molar-refractivity contribution in [2.75, 3.05) is 11.9 Å². The summed E-state index contributed by atoms with van der Waals surface area (Å²) in [5.74, 6) is -1.95. The van der Waals surface area contributed by atoms with Gasteiger partial charge in [-0.1, -0.05) is 30.3 Å². The number of carbonyl (C=O) groups is 2. The minimum Gasteiger partial charge on any atom is -0.460 e. The summed E-state index contributed by atoms with van der Waals surface area (Å²) in [5.41, 5.74) is 0.377. The van der Waals surface area contributed by atoms with Crippen LogP contribution in [0.5, 0.6) is 0 Å². The van der Waals surface area contributed by atoms with Gasteiger partial charge in [-0.25, -0.2) is 0 Å². The van der Waals surface area contributed by atoms with Crippen molar-refractivity contribution in [2.24, 2.45) is 23.7 Å². The molecular weight excluding hydrogens is 360 g/mol. The molecule has 1 N–H and O–H groups in total. The standard InChI is InChI=1S/C18H17ClN2O5/c1-10(19)9-26-18(23)16-12-3-2-11(8-12)15(16)17(22)20-13-4-6-14(7-5-13)21(24)25/h2-7,11-12,15-16H,1,8-9H2,(H,20,22)/t11-,12-,15+,16+/m0/s1. The highest BCUT2D eigenvalue weighted by Crippen LogP contribution is 2.49. The van der Waals surface area contributed by atoms with Gasteiger partial charge >= 0.3 is 5.97 Å². The second-order valence-electron chi connectivity index (χ2n) is 6.42. The van der Waals surface area contributed by atoms with E-state index >= 15 is 0 Å². The van der Waals surface area contributed by atoms with E-state index in [1.807, 2.05) is 12.2 Å². The van der Waals surface area contributed by atoms with Crippen molar-refractivity contribution in [1.82, 2.24) is 0 Å². The summed E-state index contributed by atoms with van der Waals surface area (Å²) in [6.45, 7) is 3.39. The monoisotopic (exact) mass is 376 g/mol. The van der Waals surface area contributed by atoms with Crippen LogP contribution in [-0.2, 0) is 14.3 Å². The minimum absolute atomic E-state index is 0.0326. The summed E-state index contributed by atoms with van der Waals surface area (Å²) in [7, 11) is 0. The van der Waals surface area contributed by atoms with Crippen LogP contribution in [0.15, 0.2) is 48.0 Å². The minimum atomic E-state index is -0.570. The fourth-order valence-corrected chi connectivity index (χ4v) is 3.69. The third-order valence-electron chi connectivity index (χ3n) is 4.75. The van der Waals surface area contributed by atoms with Gasteiger partial charge in [-0.15, -0.1) is 0 Å². The lowest BCUT2D eigenvalue weighted by Gasteiger charge is -2.25. The van der Waals surface area contributed by atoms with E-state index in [-0.39, 0.29) is 35.1 Å². The van der Waals surface area contributed by atoms with E-state index in [4.69, 9.17) is 16.3 Å². The Morgan fingerprint density at radius 3 is 2.42 bits per heavy atom. The molecule has 2 aliphatic carbocycles. The normalized spacial score (nSPS) is 25.7. The first-order valence-electron chi connectivity index (χ1n) is 8.10. The maximum absolute atomic E-state index is 12.7. The molecule has 1 aromatic rings. The Morgan fingerprint density at radius 2 is 1.85 bits per heavy atom. The number of nitrogens with one attached hydrogen (secondary N) is 1. The zero-order valence-electron chi connectivity index (χ0n) is 13.8. The van der Waals surface area contributed by atoms with Gasteiger partial charge in [-0.2, -0.15) is 0 Å². The van der Waals surface area contributed by atoms with Gasteiger partial charge < -0.3 is 10.1 Å². The second-order valence-corrected chi connectivity index (χ2v) is 6.95. The number of rotatable bonds is 6. The molecule has 0 radical (unpaired) electrons. The number of esters is 1. The molecule has 0 spiro atoms. The average Bonchev–Trinajstić information content (AvgIpc) is 3.21. The van der Waals surface area contributed by atoms with Crippen molar-refractivity contribution in [1.29, 1.82) is 0 Å². The molecule has 2 aliphatic rings. The summed E-state index contributed by atoms with van der Waals surface area (Å²) in [5, 5.41) is 13.7. The summed E-state index contributed by atoms with van der Waals surface area (Å²) in [6, 6.07) is 5.55. The van der Waals surface area contributed by atoms with Gasteiger partial charge in [0, 0.05) is 22.9 Å². The maximum atomic E-state index is 12.7. The first-order chi connectivity index (χ1) is 12.4. The van der Waals surface area contributed by atoms with Crippen molar-refractivity contribution in [3.05, 3.63) is 58.1 Å². The number of nitro groups is 1. The van der Waals surface area contributed by atoms with E-state index in [9.17, 15) is 19.7 Å². The van der Waals surface area contributed by atoms with Gasteiger partial charge in [0.2, 0.25) is 5.91 Å². The van der Waals surface area contributed by atoms with Crippen LogP contribution >= 0.6 is 11.6 Å². The zero-order valence-corrected chi connectivity index (χ0v) is 14.5. The maximum Gasteiger partial charge on any atom is 0.310 e. The number of hydrogen-bond acceptors (Lipinski definition) is 5. The zero-order chi connectivity index (χ0) is 18.8. The van der Waals surface area contributed by atoms with Gasteiger partial charge in [0.25, 0.3) is 5.69 Å². The number of ether oxygens (including phenoxy) is 1. The van der Waals surface area contributed by atoms with Crippen molar-refractivity contribution in [2.45, 2.75) is 6.42 Å². The number of benzene rings is 1. The Bertz CT molecular complexity index is 789. The number of fused-ring (bicyclic) bond motifs is 2. The quantitative estimate of drug-likeness (QED) is 0.355. The highest BCUT2D eigenvalue weighted by Gasteiger charge is 2.52. The molecule has 3 rings (SSSR count). The highest BCUT2D eigenvalue weighted by molar-refractivity contribution is 6.29.